The zero-order valence-electron chi connectivity index (χ0n) is 15.1. The Morgan fingerprint density at radius 3 is 2.70 bits per heavy atom. The fourth-order valence-electron chi connectivity index (χ4n) is 3.14. The van der Waals surface area contributed by atoms with Crippen molar-refractivity contribution in [3.05, 3.63) is 28.8 Å². The molecule has 0 saturated carbocycles. The van der Waals surface area contributed by atoms with Crippen molar-refractivity contribution in [2.24, 2.45) is 11.1 Å². The quantitative estimate of drug-likeness (QED) is 0.928. The van der Waals surface area contributed by atoms with Crippen LogP contribution in [0.25, 0.3) is 0 Å². The predicted molar refractivity (Wildman–Crippen MR) is 93.7 cm³/mol. The van der Waals surface area contributed by atoms with E-state index in [-0.39, 0.29) is 17.4 Å². The number of carbonyl (C=O) groups is 1. The molecule has 1 aromatic rings. The number of hydrogen-bond acceptors (Lipinski definition) is 3. The molecular formula is C19H30N2O2. The number of nitrogens with two attached hydrogens (primary N) is 1. The largest absolute Gasteiger partial charge is 0.493 e. The van der Waals surface area contributed by atoms with Crippen molar-refractivity contribution >= 4 is 5.91 Å². The van der Waals surface area contributed by atoms with Crippen LogP contribution in [-0.2, 0) is 4.79 Å². The van der Waals surface area contributed by atoms with Gasteiger partial charge in [-0.15, -0.1) is 0 Å². The lowest BCUT2D eigenvalue weighted by Gasteiger charge is -2.42. The summed E-state index contributed by atoms with van der Waals surface area (Å²) in [5.74, 6) is 1.04. The summed E-state index contributed by atoms with van der Waals surface area (Å²) in [5.41, 5.74) is 9.67. The summed E-state index contributed by atoms with van der Waals surface area (Å²) in [4.78, 5) is 14.3. The number of hydrogen-bond donors (Lipinski definition) is 1. The van der Waals surface area contributed by atoms with E-state index in [0.717, 1.165) is 30.8 Å². The summed E-state index contributed by atoms with van der Waals surface area (Å²) < 4.78 is 5.86. The summed E-state index contributed by atoms with van der Waals surface area (Å²) in [6.45, 7) is 12.4. The SMILES string of the molecule is Cc1cc(C)c(C)c(OCCC(=O)N2CCC(N)C(C)(C)C2)c1. The highest BCUT2D eigenvalue weighted by molar-refractivity contribution is 5.76. The van der Waals surface area contributed by atoms with E-state index >= 15 is 0 Å². The molecule has 128 valence electrons. The number of nitrogens with zero attached hydrogens (tertiary/aromatic N) is 1. The standard InChI is InChI=1S/C19H30N2O2/c1-13-10-14(2)15(3)16(11-13)23-9-7-18(22)21-8-6-17(20)19(4,5)12-21/h10-11,17H,6-9,12,20H2,1-5H3. The third-order valence-electron chi connectivity index (χ3n) is 5.00. The first-order valence-electron chi connectivity index (χ1n) is 8.45. The summed E-state index contributed by atoms with van der Waals surface area (Å²) in [6.07, 6.45) is 1.29. The van der Waals surface area contributed by atoms with E-state index in [4.69, 9.17) is 10.5 Å². The highest BCUT2D eigenvalue weighted by Crippen LogP contribution is 2.28. The van der Waals surface area contributed by atoms with Gasteiger partial charge < -0.3 is 15.4 Å². The molecule has 4 heteroatoms. The van der Waals surface area contributed by atoms with Crippen LogP contribution in [0.1, 0.15) is 43.4 Å². The first-order valence-corrected chi connectivity index (χ1v) is 8.45. The molecule has 1 aromatic carbocycles. The van der Waals surface area contributed by atoms with Gasteiger partial charge in [-0.3, -0.25) is 4.79 Å². The van der Waals surface area contributed by atoms with Crippen LogP contribution in [0.5, 0.6) is 5.75 Å². The number of likely N-dealkylation sites (tertiary alicyclic amines) is 1. The highest BCUT2D eigenvalue weighted by Gasteiger charge is 2.35. The van der Waals surface area contributed by atoms with Gasteiger partial charge in [0.25, 0.3) is 0 Å². The van der Waals surface area contributed by atoms with Crippen LogP contribution in [0.4, 0.5) is 0 Å². The van der Waals surface area contributed by atoms with Crippen molar-refractivity contribution in [3.63, 3.8) is 0 Å². The third kappa shape index (κ3) is 4.25. The Balaban J connectivity index is 1.88. The number of rotatable bonds is 4. The Bertz CT molecular complexity index is 581. The molecule has 0 bridgehead atoms. The lowest BCUT2D eigenvalue weighted by molar-refractivity contribution is -0.135. The second kappa shape index (κ2) is 6.91. The topological polar surface area (TPSA) is 55.6 Å². The number of benzene rings is 1. The summed E-state index contributed by atoms with van der Waals surface area (Å²) >= 11 is 0. The molecule has 0 aliphatic carbocycles. The smallest absolute Gasteiger partial charge is 0.226 e. The van der Waals surface area contributed by atoms with E-state index < -0.39 is 0 Å². The number of ether oxygens (including phenoxy) is 1. The molecule has 0 spiro atoms. The van der Waals surface area contributed by atoms with E-state index in [0.29, 0.717) is 13.0 Å². The van der Waals surface area contributed by atoms with Gasteiger partial charge in [0.15, 0.2) is 0 Å². The molecule has 1 aliphatic rings. The van der Waals surface area contributed by atoms with Crippen LogP contribution in [0, 0.1) is 26.2 Å². The van der Waals surface area contributed by atoms with Crippen LogP contribution in [0.15, 0.2) is 12.1 Å². The van der Waals surface area contributed by atoms with Crippen molar-refractivity contribution in [2.45, 2.75) is 53.5 Å². The molecule has 1 amide bonds. The molecular weight excluding hydrogens is 288 g/mol. The van der Waals surface area contributed by atoms with Crippen molar-refractivity contribution in [1.29, 1.82) is 0 Å². The Hall–Kier alpha value is -1.55. The van der Waals surface area contributed by atoms with Crippen molar-refractivity contribution in [1.82, 2.24) is 4.90 Å². The van der Waals surface area contributed by atoms with Gasteiger partial charge in [-0.2, -0.15) is 0 Å². The molecule has 1 heterocycles. The number of amides is 1. The Morgan fingerprint density at radius 1 is 1.35 bits per heavy atom. The van der Waals surface area contributed by atoms with E-state index in [1.807, 2.05) is 11.0 Å². The van der Waals surface area contributed by atoms with Gasteiger partial charge in [-0.05, 0) is 55.4 Å². The number of carbonyl (C=O) groups excluding carboxylic acids is 1. The van der Waals surface area contributed by atoms with Gasteiger partial charge >= 0.3 is 0 Å². The zero-order chi connectivity index (χ0) is 17.2. The van der Waals surface area contributed by atoms with Crippen LogP contribution >= 0.6 is 0 Å². The minimum atomic E-state index is -0.0149. The molecule has 1 atom stereocenters. The summed E-state index contributed by atoms with van der Waals surface area (Å²) in [5, 5.41) is 0. The fraction of sp³-hybridized carbons (Fsp3) is 0.632. The number of piperidine rings is 1. The lowest BCUT2D eigenvalue weighted by Crippen LogP contribution is -2.54. The average Bonchev–Trinajstić information content (AvgIpc) is 2.46. The molecule has 2 rings (SSSR count). The minimum Gasteiger partial charge on any atom is -0.493 e. The molecule has 0 radical (unpaired) electrons. The fourth-order valence-corrected chi connectivity index (χ4v) is 3.14. The second-order valence-electron chi connectivity index (χ2n) is 7.50. The molecule has 1 unspecified atom stereocenters. The first-order chi connectivity index (χ1) is 10.7. The van der Waals surface area contributed by atoms with Crippen LogP contribution in [0.3, 0.4) is 0 Å². The van der Waals surface area contributed by atoms with Gasteiger partial charge in [-0.25, -0.2) is 0 Å². The summed E-state index contributed by atoms with van der Waals surface area (Å²) in [7, 11) is 0. The van der Waals surface area contributed by atoms with Crippen molar-refractivity contribution in [3.8, 4) is 5.75 Å². The second-order valence-corrected chi connectivity index (χ2v) is 7.50. The summed E-state index contributed by atoms with van der Waals surface area (Å²) in [6, 6.07) is 4.35. The minimum absolute atomic E-state index is 0.0149. The van der Waals surface area contributed by atoms with Crippen molar-refractivity contribution in [2.75, 3.05) is 19.7 Å². The Labute approximate surface area is 140 Å². The Morgan fingerprint density at radius 2 is 2.04 bits per heavy atom. The third-order valence-corrected chi connectivity index (χ3v) is 5.00. The maximum atomic E-state index is 12.4. The van der Waals surface area contributed by atoms with Crippen LogP contribution in [-0.4, -0.2) is 36.5 Å². The van der Waals surface area contributed by atoms with Crippen molar-refractivity contribution < 1.29 is 9.53 Å². The van der Waals surface area contributed by atoms with E-state index in [2.05, 4.69) is 40.7 Å². The molecule has 2 N–H and O–H groups in total. The maximum absolute atomic E-state index is 12.4. The maximum Gasteiger partial charge on any atom is 0.226 e. The van der Waals surface area contributed by atoms with Crippen LogP contribution < -0.4 is 10.5 Å². The van der Waals surface area contributed by atoms with E-state index in [1.54, 1.807) is 0 Å². The monoisotopic (exact) mass is 318 g/mol. The molecule has 23 heavy (non-hydrogen) atoms. The van der Waals surface area contributed by atoms with Gasteiger partial charge in [0.1, 0.15) is 5.75 Å². The predicted octanol–water partition coefficient (Wildman–Crippen LogP) is 2.97. The molecule has 4 nitrogen and oxygen atoms in total. The normalized spacial score (nSPS) is 20.4. The highest BCUT2D eigenvalue weighted by atomic mass is 16.5. The zero-order valence-corrected chi connectivity index (χ0v) is 15.1. The van der Waals surface area contributed by atoms with Gasteiger partial charge in [0.2, 0.25) is 5.91 Å². The van der Waals surface area contributed by atoms with E-state index in [1.165, 1.54) is 11.1 Å². The van der Waals surface area contributed by atoms with Gasteiger partial charge in [0, 0.05) is 19.1 Å². The Kier molecular flexibility index (Phi) is 5.35. The van der Waals surface area contributed by atoms with Crippen LogP contribution in [0.2, 0.25) is 0 Å². The molecule has 1 fully saturated rings. The van der Waals surface area contributed by atoms with Gasteiger partial charge in [0.05, 0.1) is 13.0 Å². The van der Waals surface area contributed by atoms with Gasteiger partial charge in [-0.1, -0.05) is 19.9 Å². The molecule has 1 aliphatic heterocycles. The average molecular weight is 318 g/mol. The molecule has 0 aromatic heterocycles. The molecule has 1 saturated heterocycles. The lowest BCUT2D eigenvalue weighted by atomic mass is 9.79. The first kappa shape index (κ1) is 17.8. The number of aryl methyl sites for hydroxylation is 2. The van der Waals surface area contributed by atoms with E-state index in [9.17, 15) is 4.79 Å².